The smallest absolute Gasteiger partial charge is 0.245 e. The predicted molar refractivity (Wildman–Crippen MR) is 74.1 cm³/mol. The first-order chi connectivity index (χ1) is 9.48. The van der Waals surface area contributed by atoms with E-state index < -0.39 is 10.0 Å². The summed E-state index contributed by atoms with van der Waals surface area (Å²) >= 11 is 0. The zero-order valence-corrected chi connectivity index (χ0v) is 12.6. The second-order valence-electron chi connectivity index (χ2n) is 5.58. The average Bonchev–Trinajstić information content (AvgIpc) is 3.18. The van der Waals surface area contributed by atoms with E-state index in [9.17, 15) is 8.42 Å². The van der Waals surface area contributed by atoms with Crippen LogP contribution in [0.5, 0.6) is 5.88 Å². The number of sulfonamides is 1. The van der Waals surface area contributed by atoms with Crippen LogP contribution in [0.3, 0.4) is 0 Å². The molecule has 0 radical (unpaired) electrons. The topological polar surface area (TPSA) is 62.5 Å². The fourth-order valence-corrected chi connectivity index (χ4v) is 4.56. The standard InChI is InChI=1S/C13H19N3O3S/c1-15-7-5-13(6-8-15)10-16(13)20(17,18)11-3-4-12(19-2)14-9-11/h3-4,9H,5-8,10H2,1-2H3. The molecule has 6 nitrogen and oxygen atoms in total. The predicted octanol–water partition coefficient (Wildman–Crippen LogP) is 0.559. The molecular formula is C13H19N3O3S. The number of hydrogen-bond acceptors (Lipinski definition) is 5. The number of hydrogen-bond donors (Lipinski definition) is 0. The maximum absolute atomic E-state index is 12.6. The summed E-state index contributed by atoms with van der Waals surface area (Å²) in [7, 11) is 0.160. The van der Waals surface area contributed by atoms with Crippen molar-refractivity contribution in [3.63, 3.8) is 0 Å². The van der Waals surface area contributed by atoms with Crippen LogP contribution in [0.1, 0.15) is 12.8 Å². The summed E-state index contributed by atoms with van der Waals surface area (Å²) in [4.78, 5) is 6.47. The molecule has 2 aliphatic rings. The summed E-state index contributed by atoms with van der Waals surface area (Å²) in [5, 5.41) is 0. The Labute approximate surface area is 119 Å². The molecule has 3 rings (SSSR count). The van der Waals surface area contributed by atoms with Gasteiger partial charge in [-0.3, -0.25) is 0 Å². The van der Waals surface area contributed by atoms with Crippen LogP contribution < -0.4 is 4.74 Å². The van der Waals surface area contributed by atoms with E-state index in [1.807, 2.05) is 0 Å². The highest BCUT2D eigenvalue weighted by Gasteiger charge is 2.59. The quantitative estimate of drug-likeness (QED) is 0.763. The maximum Gasteiger partial charge on any atom is 0.245 e. The third-order valence-corrected chi connectivity index (χ3v) is 6.22. The molecule has 1 spiro atoms. The molecule has 0 aromatic carbocycles. The van der Waals surface area contributed by atoms with Gasteiger partial charge < -0.3 is 9.64 Å². The van der Waals surface area contributed by atoms with Crippen molar-refractivity contribution < 1.29 is 13.2 Å². The minimum absolute atomic E-state index is 0.148. The van der Waals surface area contributed by atoms with Gasteiger partial charge in [-0.05, 0) is 39.0 Å². The Kier molecular flexibility index (Phi) is 3.23. The third-order valence-electron chi connectivity index (χ3n) is 4.29. The van der Waals surface area contributed by atoms with Gasteiger partial charge in [-0.1, -0.05) is 0 Å². The van der Waals surface area contributed by atoms with E-state index in [2.05, 4.69) is 16.9 Å². The number of nitrogens with zero attached hydrogens (tertiary/aromatic N) is 3. The summed E-state index contributed by atoms with van der Waals surface area (Å²) in [6.07, 6.45) is 3.19. The Morgan fingerprint density at radius 1 is 1.30 bits per heavy atom. The molecule has 0 saturated carbocycles. The Bertz CT molecular complexity index is 592. The number of rotatable bonds is 3. The van der Waals surface area contributed by atoms with Gasteiger partial charge in [-0.2, -0.15) is 4.31 Å². The van der Waals surface area contributed by atoms with Gasteiger partial charge in [0.2, 0.25) is 15.9 Å². The molecule has 0 bridgehead atoms. The van der Waals surface area contributed by atoms with Crippen molar-refractivity contribution in [2.24, 2.45) is 0 Å². The van der Waals surface area contributed by atoms with Gasteiger partial charge in [0.25, 0.3) is 0 Å². The van der Waals surface area contributed by atoms with Gasteiger partial charge in [0, 0.05) is 12.6 Å². The van der Waals surface area contributed by atoms with Crippen molar-refractivity contribution in [1.82, 2.24) is 14.2 Å². The highest BCUT2D eigenvalue weighted by molar-refractivity contribution is 7.89. The Morgan fingerprint density at radius 3 is 2.55 bits per heavy atom. The zero-order valence-electron chi connectivity index (χ0n) is 11.7. The number of piperidine rings is 1. The molecule has 2 saturated heterocycles. The van der Waals surface area contributed by atoms with Gasteiger partial charge in [0.1, 0.15) is 4.90 Å². The Balaban J connectivity index is 1.79. The number of pyridine rings is 1. The molecule has 110 valence electrons. The van der Waals surface area contributed by atoms with Gasteiger partial charge in [-0.15, -0.1) is 0 Å². The normalized spacial score (nSPS) is 25.6. The van der Waals surface area contributed by atoms with Crippen LogP contribution in [0.2, 0.25) is 0 Å². The highest BCUT2D eigenvalue weighted by Crippen LogP contribution is 2.45. The molecule has 2 aliphatic heterocycles. The molecular weight excluding hydrogens is 278 g/mol. The largest absolute Gasteiger partial charge is 0.481 e. The lowest BCUT2D eigenvalue weighted by Gasteiger charge is -2.29. The van der Waals surface area contributed by atoms with Crippen LogP contribution in [-0.4, -0.2) is 61.9 Å². The maximum atomic E-state index is 12.6. The van der Waals surface area contributed by atoms with Crippen LogP contribution in [0.15, 0.2) is 23.2 Å². The fraction of sp³-hybridized carbons (Fsp3) is 0.615. The number of aromatic nitrogens is 1. The molecule has 0 aliphatic carbocycles. The van der Waals surface area contributed by atoms with Gasteiger partial charge in [0.05, 0.1) is 18.8 Å². The molecule has 0 amide bonds. The summed E-state index contributed by atoms with van der Waals surface area (Å²) in [6, 6.07) is 3.14. The summed E-state index contributed by atoms with van der Waals surface area (Å²) in [5.74, 6) is 0.420. The molecule has 0 N–H and O–H groups in total. The van der Waals surface area contributed by atoms with Crippen LogP contribution >= 0.6 is 0 Å². The first-order valence-corrected chi connectivity index (χ1v) is 8.13. The van der Waals surface area contributed by atoms with Gasteiger partial charge in [0.15, 0.2) is 0 Å². The lowest BCUT2D eigenvalue weighted by Crippen LogP contribution is -2.38. The molecule has 1 unspecified atom stereocenters. The van der Waals surface area contributed by atoms with Crippen LogP contribution in [0, 0.1) is 0 Å². The van der Waals surface area contributed by atoms with E-state index in [1.54, 1.807) is 16.4 Å². The number of likely N-dealkylation sites (tertiary alicyclic amines) is 1. The Hall–Kier alpha value is -1.18. The Morgan fingerprint density at radius 2 is 2.00 bits per heavy atom. The second kappa shape index (κ2) is 4.68. The summed E-state index contributed by atoms with van der Waals surface area (Å²) < 4.78 is 31.7. The van der Waals surface area contributed by atoms with Crippen molar-refractivity contribution in [2.45, 2.75) is 23.3 Å². The lowest BCUT2D eigenvalue weighted by molar-refractivity contribution is 0.227. The molecule has 1 aromatic heterocycles. The van der Waals surface area contributed by atoms with E-state index in [4.69, 9.17) is 4.74 Å². The number of methoxy groups -OCH3 is 1. The average molecular weight is 297 g/mol. The van der Waals surface area contributed by atoms with E-state index in [0.29, 0.717) is 12.4 Å². The van der Waals surface area contributed by atoms with E-state index in [1.165, 1.54) is 13.3 Å². The van der Waals surface area contributed by atoms with E-state index in [0.717, 1.165) is 25.9 Å². The van der Waals surface area contributed by atoms with Crippen molar-refractivity contribution in [3.05, 3.63) is 18.3 Å². The third kappa shape index (κ3) is 2.19. The minimum atomic E-state index is -3.42. The van der Waals surface area contributed by atoms with Crippen LogP contribution in [-0.2, 0) is 10.0 Å². The van der Waals surface area contributed by atoms with Crippen molar-refractivity contribution in [1.29, 1.82) is 0 Å². The molecule has 3 heterocycles. The van der Waals surface area contributed by atoms with Gasteiger partial charge in [-0.25, -0.2) is 13.4 Å². The van der Waals surface area contributed by atoms with Gasteiger partial charge >= 0.3 is 0 Å². The molecule has 20 heavy (non-hydrogen) atoms. The van der Waals surface area contributed by atoms with Crippen molar-refractivity contribution in [2.75, 3.05) is 33.8 Å². The zero-order chi connectivity index (χ0) is 14.4. The van der Waals surface area contributed by atoms with Crippen molar-refractivity contribution in [3.8, 4) is 5.88 Å². The number of ether oxygens (including phenoxy) is 1. The fourth-order valence-electron chi connectivity index (χ4n) is 2.78. The molecule has 1 aromatic rings. The monoisotopic (exact) mass is 297 g/mol. The molecule has 7 heteroatoms. The first kappa shape index (κ1) is 13.8. The lowest BCUT2D eigenvalue weighted by atomic mass is 9.97. The highest BCUT2D eigenvalue weighted by atomic mass is 32.2. The molecule has 1 atom stereocenters. The summed E-state index contributed by atoms with van der Waals surface area (Å²) in [5.41, 5.74) is -0.148. The first-order valence-electron chi connectivity index (χ1n) is 6.69. The summed E-state index contributed by atoms with van der Waals surface area (Å²) in [6.45, 7) is 2.54. The van der Waals surface area contributed by atoms with Crippen LogP contribution in [0.25, 0.3) is 0 Å². The minimum Gasteiger partial charge on any atom is -0.481 e. The second-order valence-corrected chi connectivity index (χ2v) is 7.44. The SMILES string of the molecule is COc1ccc(S(=O)(=O)N2CC23CCN(C)CC3)cn1. The van der Waals surface area contributed by atoms with Crippen LogP contribution in [0.4, 0.5) is 0 Å². The van der Waals surface area contributed by atoms with E-state index in [-0.39, 0.29) is 10.4 Å². The van der Waals surface area contributed by atoms with E-state index >= 15 is 0 Å². The molecule has 2 fully saturated rings. The van der Waals surface area contributed by atoms with Crippen molar-refractivity contribution >= 4 is 10.0 Å².